The van der Waals surface area contributed by atoms with Gasteiger partial charge in [-0.1, -0.05) is 6.42 Å². The van der Waals surface area contributed by atoms with E-state index < -0.39 is 17.3 Å². The van der Waals surface area contributed by atoms with Crippen LogP contribution in [0.4, 0.5) is 10.3 Å². The Balaban J connectivity index is 1.67. The topological polar surface area (TPSA) is 87.7 Å². The molecule has 1 saturated carbocycles. The second-order valence-electron chi connectivity index (χ2n) is 6.12. The minimum atomic E-state index is -0.506. The van der Waals surface area contributed by atoms with Crippen molar-refractivity contribution < 1.29 is 9.18 Å². The lowest BCUT2D eigenvalue weighted by atomic mass is 9.83. The summed E-state index contributed by atoms with van der Waals surface area (Å²) in [7, 11) is 0. The number of H-pyrrole nitrogens is 1. The molecule has 126 valence electrons. The average Bonchev–Trinajstić information content (AvgIpc) is 2.52. The second kappa shape index (κ2) is 6.08. The van der Waals surface area contributed by atoms with Crippen molar-refractivity contribution >= 4 is 22.8 Å². The second-order valence-corrected chi connectivity index (χ2v) is 6.12. The van der Waals surface area contributed by atoms with Crippen LogP contribution in [0.15, 0.2) is 41.3 Å². The van der Waals surface area contributed by atoms with Crippen molar-refractivity contribution in [2.24, 2.45) is 0 Å². The van der Waals surface area contributed by atoms with E-state index in [2.05, 4.69) is 20.3 Å². The van der Waals surface area contributed by atoms with Crippen LogP contribution >= 0.6 is 0 Å². The fourth-order valence-corrected chi connectivity index (χ4v) is 2.95. The predicted octanol–water partition coefficient (Wildman–Crippen LogP) is 2.98. The number of nitrogens with one attached hydrogen (secondary N) is 2. The third kappa shape index (κ3) is 3.00. The number of pyridine rings is 1. The monoisotopic (exact) mass is 338 g/mol. The summed E-state index contributed by atoms with van der Waals surface area (Å²) in [5.74, 6) is -0.377. The Morgan fingerprint density at radius 1 is 1.24 bits per heavy atom. The SMILES string of the molecule is O=C(Nc1nccc(C2CCC2)n1)c1cc(=O)[nH]c2cc(F)ccc12. The van der Waals surface area contributed by atoms with Crippen molar-refractivity contribution in [3.05, 3.63) is 64.0 Å². The van der Waals surface area contributed by atoms with Gasteiger partial charge in [-0.25, -0.2) is 14.4 Å². The van der Waals surface area contributed by atoms with Crippen LogP contribution in [0.25, 0.3) is 10.9 Å². The van der Waals surface area contributed by atoms with E-state index in [9.17, 15) is 14.0 Å². The molecule has 0 aliphatic heterocycles. The number of fused-ring (bicyclic) bond motifs is 1. The molecule has 1 aliphatic rings. The minimum absolute atomic E-state index is 0.149. The molecule has 0 unspecified atom stereocenters. The molecule has 2 heterocycles. The number of benzene rings is 1. The molecule has 25 heavy (non-hydrogen) atoms. The van der Waals surface area contributed by atoms with E-state index >= 15 is 0 Å². The Morgan fingerprint density at radius 3 is 2.84 bits per heavy atom. The van der Waals surface area contributed by atoms with Gasteiger partial charge in [-0.2, -0.15) is 0 Å². The number of amides is 1. The van der Waals surface area contributed by atoms with Crippen molar-refractivity contribution in [2.75, 3.05) is 5.32 Å². The first-order chi connectivity index (χ1) is 12.1. The molecule has 1 aliphatic carbocycles. The van der Waals surface area contributed by atoms with E-state index in [0.717, 1.165) is 18.5 Å². The lowest BCUT2D eigenvalue weighted by molar-refractivity contribution is 0.102. The third-order valence-electron chi connectivity index (χ3n) is 4.48. The fourth-order valence-electron chi connectivity index (χ4n) is 2.95. The van der Waals surface area contributed by atoms with Crippen LogP contribution in [-0.4, -0.2) is 20.9 Å². The highest BCUT2D eigenvalue weighted by Crippen LogP contribution is 2.35. The van der Waals surface area contributed by atoms with Crippen LogP contribution < -0.4 is 10.9 Å². The van der Waals surface area contributed by atoms with Crippen LogP contribution in [-0.2, 0) is 0 Å². The molecule has 3 aromatic rings. The van der Waals surface area contributed by atoms with Gasteiger partial charge in [0.1, 0.15) is 5.82 Å². The predicted molar refractivity (Wildman–Crippen MR) is 91.1 cm³/mol. The lowest BCUT2D eigenvalue weighted by Gasteiger charge is -2.24. The first-order valence-electron chi connectivity index (χ1n) is 8.07. The van der Waals surface area contributed by atoms with E-state index in [-0.39, 0.29) is 17.0 Å². The standard InChI is InChI=1S/C18H15FN4O2/c19-11-4-5-12-13(9-16(24)21-15(12)8-11)17(25)23-18-20-7-6-14(22-18)10-2-1-3-10/h4-10H,1-3H2,(H,21,24)(H,20,22,23,25). The summed E-state index contributed by atoms with van der Waals surface area (Å²) in [5, 5.41) is 3.08. The van der Waals surface area contributed by atoms with Crippen LogP contribution in [0.1, 0.15) is 41.2 Å². The number of halogens is 1. The Hall–Kier alpha value is -3.09. The smallest absolute Gasteiger partial charge is 0.258 e. The van der Waals surface area contributed by atoms with E-state index in [4.69, 9.17) is 0 Å². The first-order valence-corrected chi connectivity index (χ1v) is 8.07. The molecule has 4 rings (SSSR count). The zero-order valence-corrected chi connectivity index (χ0v) is 13.3. The van der Waals surface area contributed by atoms with Gasteiger partial charge in [-0.15, -0.1) is 0 Å². The molecule has 0 bridgehead atoms. The number of aromatic amines is 1. The highest BCUT2D eigenvalue weighted by Gasteiger charge is 2.21. The summed E-state index contributed by atoms with van der Waals surface area (Å²) in [5.41, 5.74) is 0.847. The summed E-state index contributed by atoms with van der Waals surface area (Å²) < 4.78 is 13.4. The van der Waals surface area contributed by atoms with Gasteiger partial charge in [0, 0.05) is 29.3 Å². The molecule has 2 N–H and O–H groups in total. The molecule has 1 fully saturated rings. The molecule has 7 heteroatoms. The molecule has 0 saturated heterocycles. The lowest BCUT2D eigenvalue weighted by Crippen LogP contribution is -2.19. The Morgan fingerprint density at radius 2 is 2.08 bits per heavy atom. The first kappa shape index (κ1) is 15.4. The number of hydrogen-bond donors (Lipinski definition) is 2. The van der Waals surface area contributed by atoms with Crippen LogP contribution in [0, 0.1) is 5.82 Å². The molecule has 1 aromatic carbocycles. The summed E-state index contributed by atoms with van der Waals surface area (Å²) in [6, 6.07) is 6.92. The van der Waals surface area contributed by atoms with Crippen molar-refractivity contribution in [1.29, 1.82) is 0 Å². The van der Waals surface area contributed by atoms with Crippen molar-refractivity contribution in [3.63, 3.8) is 0 Å². The van der Waals surface area contributed by atoms with Gasteiger partial charge < -0.3 is 4.98 Å². The fraction of sp³-hybridized carbons (Fsp3) is 0.222. The largest absolute Gasteiger partial charge is 0.322 e. The highest BCUT2D eigenvalue weighted by molar-refractivity contribution is 6.11. The summed E-state index contributed by atoms with van der Waals surface area (Å²) in [6.45, 7) is 0. The van der Waals surface area contributed by atoms with Crippen molar-refractivity contribution in [3.8, 4) is 0 Å². The van der Waals surface area contributed by atoms with E-state index in [1.54, 1.807) is 6.20 Å². The molecule has 0 atom stereocenters. The Bertz CT molecular complexity index is 1030. The third-order valence-corrected chi connectivity index (χ3v) is 4.48. The summed E-state index contributed by atoms with van der Waals surface area (Å²) in [6.07, 6.45) is 4.98. The molecular formula is C18H15FN4O2. The Kier molecular flexibility index (Phi) is 3.76. The maximum atomic E-state index is 13.4. The number of anilines is 1. The van der Waals surface area contributed by atoms with Gasteiger partial charge in [0.15, 0.2) is 0 Å². The molecule has 6 nitrogen and oxygen atoms in total. The number of carbonyl (C=O) groups excluding carboxylic acids is 1. The number of hydrogen-bond acceptors (Lipinski definition) is 4. The zero-order chi connectivity index (χ0) is 17.4. The van der Waals surface area contributed by atoms with Crippen molar-refractivity contribution in [2.45, 2.75) is 25.2 Å². The summed E-state index contributed by atoms with van der Waals surface area (Å²) in [4.78, 5) is 35.3. The minimum Gasteiger partial charge on any atom is -0.322 e. The number of nitrogens with zero attached hydrogens (tertiary/aromatic N) is 2. The Labute approximate surface area is 142 Å². The van der Waals surface area contributed by atoms with Gasteiger partial charge in [0.2, 0.25) is 11.5 Å². The van der Waals surface area contributed by atoms with Crippen LogP contribution in [0.5, 0.6) is 0 Å². The van der Waals surface area contributed by atoms with E-state index in [0.29, 0.717) is 11.3 Å². The number of rotatable bonds is 3. The van der Waals surface area contributed by atoms with Gasteiger partial charge >= 0.3 is 0 Å². The molecule has 0 spiro atoms. The zero-order valence-electron chi connectivity index (χ0n) is 13.3. The number of carbonyl (C=O) groups is 1. The van der Waals surface area contributed by atoms with Gasteiger partial charge in [0.05, 0.1) is 11.1 Å². The van der Waals surface area contributed by atoms with Crippen LogP contribution in [0.2, 0.25) is 0 Å². The molecule has 0 radical (unpaired) electrons. The maximum Gasteiger partial charge on any atom is 0.258 e. The average molecular weight is 338 g/mol. The van der Waals surface area contributed by atoms with Gasteiger partial charge in [-0.05, 0) is 37.1 Å². The van der Waals surface area contributed by atoms with Gasteiger partial charge in [0.25, 0.3) is 5.91 Å². The van der Waals surface area contributed by atoms with Crippen molar-refractivity contribution in [1.82, 2.24) is 15.0 Å². The number of aromatic nitrogens is 3. The van der Waals surface area contributed by atoms with Gasteiger partial charge in [-0.3, -0.25) is 14.9 Å². The normalized spacial score (nSPS) is 14.3. The quantitative estimate of drug-likeness (QED) is 0.768. The maximum absolute atomic E-state index is 13.4. The summed E-state index contributed by atoms with van der Waals surface area (Å²) >= 11 is 0. The molecule has 2 aromatic heterocycles. The van der Waals surface area contributed by atoms with Crippen LogP contribution in [0.3, 0.4) is 0 Å². The highest BCUT2D eigenvalue weighted by atomic mass is 19.1. The van der Waals surface area contributed by atoms with E-state index in [1.807, 2.05) is 6.07 Å². The van der Waals surface area contributed by atoms with E-state index in [1.165, 1.54) is 30.7 Å². The molecule has 1 amide bonds. The molecular weight excluding hydrogens is 323 g/mol.